The number of hydrogen-bond acceptors (Lipinski definition) is 6. The van der Waals surface area contributed by atoms with Crippen molar-refractivity contribution in [1.29, 1.82) is 0 Å². The van der Waals surface area contributed by atoms with E-state index in [4.69, 9.17) is 4.74 Å². The Morgan fingerprint density at radius 2 is 1.84 bits per heavy atom. The van der Waals surface area contributed by atoms with Gasteiger partial charge in [-0.05, 0) is 37.1 Å². The number of carbonyl (C=O) groups is 1. The van der Waals surface area contributed by atoms with Crippen LogP contribution in [0.1, 0.15) is 16.7 Å². The second kappa shape index (κ2) is 5.05. The van der Waals surface area contributed by atoms with Crippen LogP contribution in [0, 0.1) is 20.8 Å². The summed E-state index contributed by atoms with van der Waals surface area (Å²) in [7, 11) is 1.24. The minimum atomic E-state index is -0.723. The average molecular weight is 262 g/mol. The van der Waals surface area contributed by atoms with E-state index in [1.54, 1.807) is 0 Å². The smallest absolute Gasteiger partial charge is 0.450 e. The second-order valence-electron chi connectivity index (χ2n) is 4.16. The highest BCUT2D eigenvalue weighted by atomic mass is 16.5. The van der Waals surface area contributed by atoms with Crippen LogP contribution in [0.25, 0.3) is 0 Å². The molecule has 0 aliphatic carbocycles. The molecule has 2 rings (SSSR count). The van der Waals surface area contributed by atoms with Crippen LogP contribution in [0.5, 0.6) is 11.8 Å². The number of hydrogen-bond donors (Lipinski definition) is 0. The van der Waals surface area contributed by atoms with Crippen molar-refractivity contribution >= 4 is 6.09 Å². The number of methoxy groups -OCH3 is 1. The molecule has 100 valence electrons. The lowest BCUT2D eigenvalue weighted by atomic mass is 10.1. The van der Waals surface area contributed by atoms with E-state index in [1.807, 2.05) is 32.9 Å². The van der Waals surface area contributed by atoms with Crippen LogP contribution in [-0.2, 0) is 4.74 Å². The second-order valence-corrected chi connectivity index (χ2v) is 4.16. The molecule has 1 aromatic heterocycles. The first-order valence-electron chi connectivity index (χ1n) is 5.65. The number of aryl methyl sites for hydroxylation is 3. The first-order chi connectivity index (χ1) is 9.01. The van der Waals surface area contributed by atoms with Gasteiger partial charge in [0.2, 0.25) is 0 Å². The molecule has 0 N–H and O–H groups in total. The Labute approximate surface area is 110 Å². The van der Waals surface area contributed by atoms with Crippen molar-refractivity contribution in [3.8, 4) is 11.8 Å². The van der Waals surface area contributed by atoms with Gasteiger partial charge in [0.1, 0.15) is 5.75 Å². The number of ether oxygens (including phenoxy) is 2. The maximum Gasteiger partial charge on any atom is 0.453 e. The van der Waals surface area contributed by atoms with E-state index in [0.717, 1.165) is 21.5 Å². The maximum absolute atomic E-state index is 11.2. The predicted octanol–water partition coefficient (Wildman–Crippen LogP) is 2.01. The van der Waals surface area contributed by atoms with E-state index in [2.05, 4.69) is 20.1 Å². The number of carbonyl (C=O) groups excluding carboxylic acids is 1. The standard InChI is InChI=1S/C12H14N4O3/c1-7-5-8(2)10(9(3)6-7)19-11-13-15-16(14-11)12(17)18-4/h5-6H,1-4H3. The zero-order valence-corrected chi connectivity index (χ0v) is 11.2. The van der Waals surface area contributed by atoms with Crippen molar-refractivity contribution in [3.05, 3.63) is 28.8 Å². The summed E-state index contributed by atoms with van der Waals surface area (Å²) >= 11 is 0. The molecule has 0 spiro atoms. The summed E-state index contributed by atoms with van der Waals surface area (Å²) in [5.41, 5.74) is 3.08. The summed E-state index contributed by atoms with van der Waals surface area (Å²) in [6.07, 6.45) is -0.723. The maximum atomic E-state index is 11.2. The van der Waals surface area contributed by atoms with Gasteiger partial charge in [0, 0.05) is 0 Å². The Kier molecular flexibility index (Phi) is 3.46. The number of benzene rings is 1. The zero-order valence-electron chi connectivity index (χ0n) is 11.2. The van der Waals surface area contributed by atoms with E-state index < -0.39 is 6.09 Å². The fraction of sp³-hybridized carbons (Fsp3) is 0.333. The van der Waals surface area contributed by atoms with Gasteiger partial charge >= 0.3 is 12.1 Å². The minimum Gasteiger partial charge on any atom is -0.450 e. The van der Waals surface area contributed by atoms with Crippen LogP contribution in [0.4, 0.5) is 4.79 Å². The highest BCUT2D eigenvalue weighted by molar-refractivity contribution is 5.67. The molecule has 0 aliphatic heterocycles. The fourth-order valence-electron chi connectivity index (χ4n) is 1.82. The molecule has 7 nitrogen and oxygen atoms in total. The Hall–Kier alpha value is -2.44. The van der Waals surface area contributed by atoms with E-state index in [1.165, 1.54) is 7.11 Å². The van der Waals surface area contributed by atoms with Gasteiger partial charge in [-0.1, -0.05) is 32.7 Å². The largest absolute Gasteiger partial charge is 0.453 e. The van der Waals surface area contributed by atoms with Crippen molar-refractivity contribution in [2.75, 3.05) is 7.11 Å². The SMILES string of the molecule is COC(=O)n1nnc(Oc2c(C)cc(C)cc2C)n1. The van der Waals surface area contributed by atoms with Crippen molar-refractivity contribution < 1.29 is 14.3 Å². The molecule has 19 heavy (non-hydrogen) atoms. The molecule has 0 amide bonds. The average Bonchev–Trinajstić information content (AvgIpc) is 2.81. The number of nitrogens with zero attached hydrogens (tertiary/aromatic N) is 4. The van der Waals surface area contributed by atoms with Crippen molar-refractivity contribution in [2.45, 2.75) is 20.8 Å². The van der Waals surface area contributed by atoms with E-state index in [9.17, 15) is 4.79 Å². The Balaban J connectivity index is 2.27. The molecule has 1 aromatic carbocycles. The molecule has 0 radical (unpaired) electrons. The lowest BCUT2D eigenvalue weighted by molar-refractivity contribution is 0.164. The molecule has 0 aliphatic rings. The van der Waals surface area contributed by atoms with E-state index in [0.29, 0.717) is 5.75 Å². The lowest BCUT2D eigenvalue weighted by Crippen LogP contribution is -2.14. The summed E-state index contributed by atoms with van der Waals surface area (Å²) in [4.78, 5) is 11.9. The quantitative estimate of drug-likeness (QED) is 0.823. The Morgan fingerprint density at radius 1 is 1.21 bits per heavy atom. The molecular formula is C12H14N4O3. The Bertz CT molecular complexity index is 598. The highest BCUT2D eigenvalue weighted by Gasteiger charge is 2.14. The van der Waals surface area contributed by atoms with Crippen LogP contribution >= 0.6 is 0 Å². The predicted molar refractivity (Wildman–Crippen MR) is 66.3 cm³/mol. The van der Waals surface area contributed by atoms with Gasteiger partial charge in [-0.2, -0.15) is 0 Å². The van der Waals surface area contributed by atoms with Gasteiger partial charge in [-0.15, -0.1) is 0 Å². The Morgan fingerprint density at radius 3 is 2.42 bits per heavy atom. The highest BCUT2D eigenvalue weighted by Crippen LogP contribution is 2.27. The summed E-state index contributed by atoms with van der Waals surface area (Å²) in [5, 5.41) is 11.0. The summed E-state index contributed by atoms with van der Waals surface area (Å²) in [6, 6.07) is 3.99. The van der Waals surface area contributed by atoms with Crippen molar-refractivity contribution in [3.63, 3.8) is 0 Å². The van der Waals surface area contributed by atoms with Gasteiger partial charge in [-0.3, -0.25) is 0 Å². The van der Waals surface area contributed by atoms with E-state index >= 15 is 0 Å². The van der Waals surface area contributed by atoms with E-state index in [-0.39, 0.29) is 6.01 Å². The fourth-order valence-corrected chi connectivity index (χ4v) is 1.82. The summed E-state index contributed by atoms with van der Waals surface area (Å²) in [5.74, 6) is 0.662. The molecule has 0 bridgehead atoms. The first kappa shape index (κ1) is 13.0. The molecular weight excluding hydrogens is 248 g/mol. The molecule has 7 heteroatoms. The third-order valence-corrected chi connectivity index (χ3v) is 2.53. The molecule has 0 saturated heterocycles. The summed E-state index contributed by atoms with van der Waals surface area (Å²) < 4.78 is 10.0. The van der Waals surface area contributed by atoms with Crippen LogP contribution in [0.15, 0.2) is 12.1 Å². The van der Waals surface area contributed by atoms with Crippen LogP contribution in [0.3, 0.4) is 0 Å². The van der Waals surface area contributed by atoms with Crippen molar-refractivity contribution in [2.24, 2.45) is 0 Å². The number of tetrazole rings is 1. The van der Waals surface area contributed by atoms with Gasteiger partial charge in [-0.25, -0.2) is 4.79 Å². The third-order valence-electron chi connectivity index (χ3n) is 2.53. The molecule has 0 fully saturated rings. The van der Waals surface area contributed by atoms with Crippen molar-refractivity contribution in [1.82, 2.24) is 20.2 Å². The molecule has 0 unspecified atom stereocenters. The van der Waals surface area contributed by atoms with Gasteiger partial charge in [0.05, 0.1) is 7.11 Å². The molecule has 1 heterocycles. The molecule has 2 aromatic rings. The van der Waals surface area contributed by atoms with Crippen LogP contribution in [0.2, 0.25) is 0 Å². The normalized spacial score (nSPS) is 10.3. The van der Waals surface area contributed by atoms with Crippen LogP contribution < -0.4 is 4.74 Å². The first-order valence-corrected chi connectivity index (χ1v) is 5.65. The van der Waals surface area contributed by atoms with Gasteiger partial charge in [0.25, 0.3) is 0 Å². The molecule has 0 saturated carbocycles. The number of aromatic nitrogens is 4. The zero-order chi connectivity index (χ0) is 14.0. The lowest BCUT2D eigenvalue weighted by Gasteiger charge is -2.09. The monoisotopic (exact) mass is 262 g/mol. The topological polar surface area (TPSA) is 79.1 Å². The molecule has 0 atom stereocenters. The number of rotatable bonds is 2. The summed E-state index contributed by atoms with van der Waals surface area (Å²) in [6.45, 7) is 5.87. The van der Waals surface area contributed by atoms with Crippen LogP contribution in [-0.4, -0.2) is 33.4 Å². The van der Waals surface area contributed by atoms with Gasteiger partial charge < -0.3 is 9.47 Å². The third kappa shape index (κ3) is 2.70. The van der Waals surface area contributed by atoms with Gasteiger partial charge in [0.15, 0.2) is 0 Å². The minimum absolute atomic E-state index is 0.000420.